The Morgan fingerprint density at radius 1 is 1.12 bits per heavy atom. The minimum atomic E-state index is -4.63. The molecule has 2 N–H and O–H groups in total. The van der Waals surface area contributed by atoms with E-state index >= 15 is 0 Å². The molecule has 1 saturated heterocycles. The number of carbonyl (C=O) groups excluding carboxylic acids is 1. The van der Waals surface area contributed by atoms with Gasteiger partial charge in [-0.25, -0.2) is 8.42 Å². The highest BCUT2D eigenvalue weighted by Gasteiger charge is 2.48. The van der Waals surface area contributed by atoms with E-state index in [-0.39, 0.29) is 41.8 Å². The van der Waals surface area contributed by atoms with Gasteiger partial charge in [-0.3, -0.25) is 4.79 Å². The van der Waals surface area contributed by atoms with Crippen LogP contribution in [0.5, 0.6) is 0 Å². The fourth-order valence-electron chi connectivity index (χ4n) is 5.24. The smallest absolute Gasteiger partial charge is 0.341 e. The Balaban J connectivity index is 1.46. The lowest BCUT2D eigenvalue weighted by molar-refractivity contribution is -0.137. The first-order valence-corrected chi connectivity index (χ1v) is 12.7. The summed E-state index contributed by atoms with van der Waals surface area (Å²) < 4.78 is 66.8. The molecule has 4 atom stereocenters. The van der Waals surface area contributed by atoms with Gasteiger partial charge in [-0.15, -0.1) is 0 Å². The van der Waals surface area contributed by atoms with Crippen molar-refractivity contribution in [3.8, 4) is 0 Å². The number of sulfonamides is 1. The molecule has 0 unspecified atom stereocenters. The molecule has 184 valence electrons. The van der Waals surface area contributed by atoms with Crippen molar-refractivity contribution in [2.45, 2.75) is 42.4 Å². The van der Waals surface area contributed by atoms with E-state index in [0.717, 1.165) is 30.5 Å². The highest BCUT2D eigenvalue weighted by Crippen LogP contribution is 2.42. The number of amides is 1. The van der Waals surface area contributed by atoms with Crippen molar-refractivity contribution >= 4 is 15.9 Å². The third-order valence-electron chi connectivity index (χ3n) is 7.05. The van der Waals surface area contributed by atoms with Gasteiger partial charge in [-0.05, 0) is 54.9 Å². The summed E-state index contributed by atoms with van der Waals surface area (Å²) in [4.78, 5) is 14.3. The van der Waals surface area contributed by atoms with Gasteiger partial charge in [0.05, 0.1) is 16.5 Å². The van der Waals surface area contributed by atoms with Crippen LogP contribution in [0, 0.1) is 11.8 Å². The molecule has 2 fully saturated rings. The van der Waals surface area contributed by atoms with Gasteiger partial charge in [0, 0.05) is 26.2 Å². The molecule has 4 rings (SSSR count). The minimum absolute atomic E-state index is 0.0474. The molecule has 1 amide bonds. The van der Waals surface area contributed by atoms with Crippen molar-refractivity contribution in [2.24, 2.45) is 17.6 Å². The molecule has 1 saturated carbocycles. The fourth-order valence-corrected chi connectivity index (χ4v) is 6.82. The van der Waals surface area contributed by atoms with Crippen LogP contribution in [0.25, 0.3) is 0 Å². The van der Waals surface area contributed by atoms with Gasteiger partial charge >= 0.3 is 6.18 Å². The Hall–Kier alpha value is -2.43. The number of likely N-dealkylation sites (N-methyl/N-ethyl adjacent to an activating group) is 1. The first kappa shape index (κ1) is 24.7. The standard InChI is InChI=1S/C24H28F3N3O3S/c1-29(23(31)21(28)12-16-6-3-2-4-7-16)22-11-10-17-14-30(15-20(17)22)34(32,33)19-9-5-8-18(13-19)24(25,26)27/h2-9,13,17,20-22H,10-12,14-15,28H2,1H3/t17-,20+,21+,22+/m1/s1. The lowest BCUT2D eigenvalue weighted by Crippen LogP contribution is -2.49. The topological polar surface area (TPSA) is 83.7 Å². The molecule has 0 bridgehead atoms. The molecular weight excluding hydrogens is 467 g/mol. The Labute approximate surface area is 197 Å². The van der Waals surface area contributed by atoms with Crippen molar-refractivity contribution < 1.29 is 26.4 Å². The van der Waals surface area contributed by atoms with E-state index < -0.39 is 27.8 Å². The van der Waals surface area contributed by atoms with E-state index in [2.05, 4.69) is 0 Å². The second kappa shape index (κ2) is 9.31. The molecule has 10 heteroatoms. The van der Waals surface area contributed by atoms with Crippen molar-refractivity contribution in [1.29, 1.82) is 0 Å². The van der Waals surface area contributed by atoms with E-state index in [1.165, 1.54) is 10.4 Å². The number of rotatable bonds is 6. The summed E-state index contributed by atoms with van der Waals surface area (Å²) in [6, 6.07) is 12.4. The monoisotopic (exact) mass is 495 g/mol. The molecule has 0 radical (unpaired) electrons. The van der Waals surface area contributed by atoms with Crippen LogP contribution >= 0.6 is 0 Å². The molecule has 1 heterocycles. The Bertz CT molecular complexity index is 1140. The van der Waals surface area contributed by atoms with Crippen molar-refractivity contribution in [3.05, 3.63) is 65.7 Å². The summed E-state index contributed by atoms with van der Waals surface area (Å²) in [7, 11) is -2.39. The van der Waals surface area contributed by atoms with Gasteiger partial charge in [0.1, 0.15) is 0 Å². The van der Waals surface area contributed by atoms with Crippen molar-refractivity contribution in [1.82, 2.24) is 9.21 Å². The van der Waals surface area contributed by atoms with Gasteiger partial charge in [0.25, 0.3) is 0 Å². The van der Waals surface area contributed by atoms with Gasteiger partial charge < -0.3 is 10.6 Å². The molecule has 1 aliphatic carbocycles. The summed E-state index contributed by atoms with van der Waals surface area (Å²) in [5.74, 6) is -0.238. The third-order valence-corrected chi connectivity index (χ3v) is 8.87. The van der Waals surface area contributed by atoms with E-state index in [1.807, 2.05) is 30.3 Å². The van der Waals surface area contributed by atoms with E-state index in [0.29, 0.717) is 12.5 Å². The van der Waals surface area contributed by atoms with Gasteiger partial charge in [-0.1, -0.05) is 36.4 Å². The van der Waals surface area contributed by atoms with Crippen LogP contribution in [0.1, 0.15) is 24.0 Å². The Morgan fingerprint density at radius 3 is 2.50 bits per heavy atom. The quantitative estimate of drug-likeness (QED) is 0.668. The zero-order chi connectivity index (χ0) is 24.7. The highest BCUT2D eigenvalue weighted by atomic mass is 32.2. The van der Waals surface area contributed by atoms with Crippen LogP contribution in [0.4, 0.5) is 13.2 Å². The third kappa shape index (κ3) is 4.85. The second-order valence-electron chi connectivity index (χ2n) is 9.16. The number of fused-ring (bicyclic) bond motifs is 1. The summed E-state index contributed by atoms with van der Waals surface area (Å²) in [5.41, 5.74) is 6.15. The normalized spacial score (nSPS) is 24.1. The lowest BCUT2D eigenvalue weighted by atomic mass is 9.96. The van der Waals surface area contributed by atoms with Gasteiger partial charge in [0.2, 0.25) is 15.9 Å². The predicted octanol–water partition coefficient (Wildman–Crippen LogP) is 3.13. The van der Waals surface area contributed by atoms with Crippen LogP contribution < -0.4 is 5.73 Å². The maximum Gasteiger partial charge on any atom is 0.416 e. The molecular formula is C24H28F3N3O3S. The Kier molecular flexibility index (Phi) is 6.76. The number of nitrogens with two attached hydrogens (primary N) is 1. The number of alkyl halides is 3. The molecule has 2 aliphatic rings. The number of halogens is 3. The van der Waals surface area contributed by atoms with Crippen LogP contribution in [0.3, 0.4) is 0 Å². The number of benzene rings is 2. The maximum atomic E-state index is 13.1. The zero-order valence-electron chi connectivity index (χ0n) is 18.8. The van der Waals surface area contributed by atoms with Crippen molar-refractivity contribution in [3.63, 3.8) is 0 Å². The number of nitrogens with zero attached hydrogens (tertiary/aromatic N) is 2. The zero-order valence-corrected chi connectivity index (χ0v) is 19.6. The van der Waals surface area contributed by atoms with Crippen LogP contribution in [0.15, 0.2) is 59.5 Å². The molecule has 0 aromatic heterocycles. The summed E-state index contributed by atoms with van der Waals surface area (Å²) in [6.45, 7) is 0.400. The van der Waals surface area contributed by atoms with E-state index in [1.54, 1.807) is 11.9 Å². The first-order chi connectivity index (χ1) is 16.0. The average Bonchev–Trinajstić information content (AvgIpc) is 3.40. The SMILES string of the molecule is CN(C(=O)[C@@H](N)Cc1ccccc1)[C@H]1CC[C@@H]2CN(S(=O)(=O)c3cccc(C(F)(F)F)c3)C[C@@H]21. The second-order valence-corrected chi connectivity index (χ2v) is 11.1. The van der Waals surface area contributed by atoms with Crippen molar-refractivity contribution in [2.75, 3.05) is 20.1 Å². The van der Waals surface area contributed by atoms with Gasteiger partial charge in [-0.2, -0.15) is 17.5 Å². The average molecular weight is 496 g/mol. The van der Waals surface area contributed by atoms with Crippen LogP contribution in [-0.2, 0) is 27.4 Å². The maximum absolute atomic E-state index is 13.1. The minimum Gasteiger partial charge on any atom is -0.341 e. The molecule has 34 heavy (non-hydrogen) atoms. The van der Waals surface area contributed by atoms with Crippen LogP contribution in [-0.4, -0.2) is 55.8 Å². The molecule has 6 nitrogen and oxygen atoms in total. The molecule has 2 aromatic rings. The predicted molar refractivity (Wildman–Crippen MR) is 121 cm³/mol. The summed E-state index contributed by atoms with van der Waals surface area (Å²) in [6.07, 6.45) is -2.73. The van der Waals surface area contributed by atoms with Crippen LogP contribution in [0.2, 0.25) is 0 Å². The van der Waals surface area contributed by atoms with E-state index in [4.69, 9.17) is 5.73 Å². The molecule has 0 spiro atoms. The number of hydrogen-bond donors (Lipinski definition) is 1. The fraction of sp³-hybridized carbons (Fsp3) is 0.458. The molecule has 2 aromatic carbocycles. The Morgan fingerprint density at radius 2 is 1.82 bits per heavy atom. The lowest BCUT2D eigenvalue weighted by Gasteiger charge is -2.31. The largest absolute Gasteiger partial charge is 0.416 e. The molecule has 1 aliphatic heterocycles. The highest BCUT2D eigenvalue weighted by molar-refractivity contribution is 7.89. The number of hydrogen-bond acceptors (Lipinski definition) is 4. The summed E-state index contributed by atoms with van der Waals surface area (Å²) in [5, 5.41) is 0. The summed E-state index contributed by atoms with van der Waals surface area (Å²) >= 11 is 0. The van der Waals surface area contributed by atoms with E-state index in [9.17, 15) is 26.4 Å². The number of carbonyl (C=O) groups is 1. The first-order valence-electron chi connectivity index (χ1n) is 11.2. The van der Waals surface area contributed by atoms with Gasteiger partial charge in [0.15, 0.2) is 0 Å².